The van der Waals surface area contributed by atoms with Gasteiger partial charge in [0.05, 0.1) is 5.69 Å². The maximum atomic E-state index is 6.16. The van der Waals surface area contributed by atoms with Crippen LogP contribution in [0.25, 0.3) is 0 Å². The minimum atomic E-state index is 0.540. The molecule has 2 N–H and O–H groups in total. The van der Waals surface area contributed by atoms with E-state index >= 15 is 0 Å². The van der Waals surface area contributed by atoms with Crippen molar-refractivity contribution in [2.45, 2.75) is 6.42 Å². The fourth-order valence-electron chi connectivity index (χ4n) is 1.97. The topological polar surface area (TPSA) is 56.2 Å². The van der Waals surface area contributed by atoms with E-state index < -0.39 is 0 Å². The molecule has 0 saturated heterocycles. The molecule has 0 saturated carbocycles. The average molecular weight is 317 g/mol. The summed E-state index contributed by atoms with van der Waals surface area (Å²) in [5, 5.41) is 0. The van der Waals surface area contributed by atoms with Crippen molar-refractivity contribution in [2.24, 2.45) is 4.99 Å². The third-order valence-electron chi connectivity index (χ3n) is 2.97. The van der Waals surface area contributed by atoms with Gasteiger partial charge in [0.1, 0.15) is 0 Å². The third-order valence-corrected chi connectivity index (χ3v) is 4.09. The van der Waals surface area contributed by atoms with E-state index in [9.17, 15) is 0 Å². The molecular formula is C15H13ClN4S. The number of nitrogen functional groups attached to an aromatic ring is 1. The number of nitrogens with two attached hydrogens (primary N) is 1. The lowest BCUT2D eigenvalue weighted by Crippen LogP contribution is -2.30. The molecule has 0 fully saturated rings. The van der Waals surface area contributed by atoms with Crippen molar-refractivity contribution in [3.8, 4) is 0 Å². The highest BCUT2D eigenvalue weighted by Crippen LogP contribution is 2.20. The van der Waals surface area contributed by atoms with Gasteiger partial charge in [0, 0.05) is 23.2 Å². The molecule has 0 bridgehead atoms. The second-order valence-corrected chi connectivity index (χ2v) is 6.15. The molecule has 4 nitrogen and oxygen atoms in total. The Balaban J connectivity index is 1.97. The zero-order valence-corrected chi connectivity index (χ0v) is 12.7. The Morgan fingerprint density at radius 2 is 1.95 bits per heavy atom. The molecule has 3 rings (SSSR count). The van der Waals surface area contributed by atoms with Gasteiger partial charge >= 0.3 is 0 Å². The molecule has 0 unspecified atom stereocenters. The standard InChI is InChI=1S/C15H13ClN4S/c16-15-18-10-13(21-15)9-12-7-4-8-14(20(12)17)19-11-5-2-1-3-6-11/h1-8,10H,9,17H2/b19-14-. The molecule has 2 heterocycles. The molecule has 0 aliphatic heterocycles. The molecule has 0 aliphatic carbocycles. The summed E-state index contributed by atoms with van der Waals surface area (Å²) in [6, 6.07) is 15.5. The van der Waals surface area contributed by atoms with Crippen molar-refractivity contribution < 1.29 is 0 Å². The van der Waals surface area contributed by atoms with Crippen LogP contribution in [-0.4, -0.2) is 9.66 Å². The first-order valence-electron chi connectivity index (χ1n) is 6.38. The zero-order chi connectivity index (χ0) is 14.7. The maximum Gasteiger partial charge on any atom is 0.183 e. The largest absolute Gasteiger partial charge is 0.337 e. The molecule has 6 heteroatoms. The molecule has 3 aromatic rings. The normalized spacial score (nSPS) is 11.8. The molecular weight excluding hydrogens is 304 g/mol. The van der Waals surface area contributed by atoms with Crippen LogP contribution in [0.1, 0.15) is 10.6 Å². The zero-order valence-electron chi connectivity index (χ0n) is 11.1. The minimum absolute atomic E-state index is 0.540. The van der Waals surface area contributed by atoms with Crippen molar-refractivity contribution in [3.05, 3.63) is 75.3 Å². The van der Waals surface area contributed by atoms with E-state index in [1.165, 1.54) is 11.3 Å². The summed E-state index contributed by atoms with van der Waals surface area (Å²) in [4.78, 5) is 9.66. The van der Waals surface area contributed by atoms with E-state index in [4.69, 9.17) is 17.4 Å². The lowest BCUT2D eigenvalue weighted by molar-refractivity contribution is 0.833. The first-order valence-corrected chi connectivity index (χ1v) is 7.58. The predicted octanol–water partition coefficient (Wildman–Crippen LogP) is 3.14. The van der Waals surface area contributed by atoms with Crippen LogP contribution in [-0.2, 0) is 6.42 Å². The summed E-state index contributed by atoms with van der Waals surface area (Å²) in [6.45, 7) is 0. The predicted molar refractivity (Wildman–Crippen MR) is 86.2 cm³/mol. The van der Waals surface area contributed by atoms with Gasteiger partial charge in [-0.2, -0.15) is 0 Å². The van der Waals surface area contributed by atoms with E-state index in [-0.39, 0.29) is 0 Å². The number of aromatic nitrogens is 2. The molecule has 1 aromatic carbocycles. The third kappa shape index (κ3) is 3.32. The smallest absolute Gasteiger partial charge is 0.183 e. The van der Waals surface area contributed by atoms with Gasteiger partial charge in [-0.1, -0.05) is 35.9 Å². The van der Waals surface area contributed by atoms with Crippen molar-refractivity contribution in [1.29, 1.82) is 0 Å². The summed E-state index contributed by atoms with van der Waals surface area (Å²) in [5.41, 5.74) is 2.52. The number of halogens is 1. The van der Waals surface area contributed by atoms with Crippen LogP contribution in [0.2, 0.25) is 4.47 Å². The fourth-order valence-corrected chi connectivity index (χ4v) is 2.96. The van der Waals surface area contributed by atoms with E-state index in [2.05, 4.69) is 9.98 Å². The highest BCUT2D eigenvalue weighted by atomic mass is 35.5. The summed E-state index contributed by atoms with van der Waals surface area (Å²) < 4.78 is 2.14. The van der Waals surface area contributed by atoms with Gasteiger partial charge in [-0.3, -0.25) is 0 Å². The Hall–Kier alpha value is -2.11. The molecule has 0 amide bonds. The monoisotopic (exact) mass is 316 g/mol. The second-order valence-electron chi connectivity index (χ2n) is 4.45. The first-order chi connectivity index (χ1) is 10.2. The van der Waals surface area contributed by atoms with E-state index in [0.29, 0.717) is 16.4 Å². The minimum Gasteiger partial charge on any atom is -0.337 e. The number of hydrogen-bond acceptors (Lipinski definition) is 4. The Morgan fingerprint density at radius 3 is 2.67 bits per heavy atom. The van der Waals surface area contributed by atoms with E-state index in [1.807, 2.05) is 48.5 Å². The molecule has 0 radical (unpaired) electrons. The number of pyridine rings is 1. The van der Waals surface area contributed by atoms with Crippen LogP contribution in [0.15, 0.2) is 59.7 Å². The Labute approximate surface area is 131 Å². The molecule has 0 aliphatic rings. The van der Waals surface area contributed by atoms with Gasteiger partial charge in [0.25, 0.3) is 0 Å². The number of thiazole rings is 1. The molecule has 2 aromatic heterocycles. The fraction of sp³-hybridized carbons (Fsp3) is 0.0667. The quantitative estimate of drug-likeness (QED) is 0.755. The second kappa shape index (κ2) is 6.11. The lowest BCUT2D eigenvalue weighted by atomic mass is 10.2. The number of rotatable bonds is 3. The summed E-state index contributed by atoms with van der Waals surface area (Å²) in [6.07, 6.45) is 2.45. The van der Waals surface area contributed by atoms with Gasteiger partial charge in [-0.25, -0.2) is 14.7 Å². The van der Waals surface area contributed by atoms with E-state index in [0.717, 1.165) is 16.3 Å². The maximum absolute atomic E-state index is 6.16. The molecule has 21 heavy (non-hydrogen) atoms. The average Bonchev–Trinajstić information content (AvgIpc) is 2.90. The highest BCUT2D eigenvalue weighted by molar-refractivity contribution is 7.15. The Kier molecular flexibility index (Phi) is 4.03. The van der Waals surface area contributed by atoms with Gasteiger partial charge in [0.15, 0.2) is 9.95 Å². The SMILES string of the molecule is Nn1c(Cc2cnc(Cl)s2)ccc/c1=N/c1ccccc1. The van der Waals surface area contributed by atoms with Crippen molar-refractivity contribution in [3.63, 3.8) is 0 Å². The molecule has 106 valence electrons. The number of hydrogen-bond donors (Lipinski definition) is 1. The summed E-state index contributed by atoms with van der Waals surface area (Å²) in [7, 11) is 0. The van der Waals surface area contributed by atoms with Gasteiger partial charge in [-0.05, 0) is 24.3 Å². The van der Waals surface area contributed by atoms with Crippen LogP contribution in [0.4, 0.5) is 5.69 Å². The number of nitrogens with zero attached hydrogens (tertiary/aromatic N) is 3. The van der Waals surface area contributed by atoms with Crippen molar-refractivity contribution in [1.82, 2.24) is 9.66 Å². The van der Waals surface area contributed by atoms with Crippen LogP contribution in [0, 0.1) is 0 Å². The first kappa shape index (κ1) is 13.9. The van der Waals surface area contributed by atoms with Crippen LogP contribution >= 0.6 is 22.9 Å². The summed E-state index contributed by atoms with van der Waals surface area (Å²) in [5.74, 6) is 6.16. The summed E-state index contributed by atoms with van der Waals surface area (Å²) >= 11 is 7.31. The van der Waals surface area contributed by atoms with Crippen LogP contribution < -0.4 is 11.3 Å². The Bertz CT molecular complexity index is 808. The number of para-hydroxylation sites is 1. The lowest BCUT2D eigenvalue weighted by Gasteiger charge is -2.07. The van der Waals surface area contributed by atoms with Crippen LogP contribution in [0.5, 0.6) is 0 Å². The van der Waals surface area contributed by atoms with Crippen LogP contribution in [0.3, 0.4) is 0 Å². The highest BCUT2D eigenvalue weighted by Gasteiger charge is 2.04. The van der Waals surface area contributed by atoms with Gasteiger partial charge < -0.3 is 5.84 Å². The van der Waals surface area contributed by atoms with Crippen molar-refractivity contribution in [2.75, 3.05) is 5.84 Å². The van der Waals surface area contributed by atoms with Gasteiger partial charge in [-0.15, -0.1) is 11.3 Å². The number of benzene rings is 1. The molecule has 0 atom stereocenters. The van der Waals surface area contributed by atoms with E-state index in [1.54, 1.807) is 10.9 Å². The van der Waals surface area contributed by atoms with Gasteiger partial charge in [0.2, 0.25) is 0 Å². The Morgan fingerprint density at radius 1 is 1.14 bits per heavy atom. The van der Waals surface area contributed by atoms with Crippen molar-refractivity contribution >= 4 is 28.6 Å². The molecule has 0 spiro atoms.